The zero-order valence-electron chi connectivity index (χ0n) is 14.9. The van der Waals surface area contributed by atoms with Crippen molar-refractivity contribution in [2.45, 2.75) is 30.3 Å². The van der Waals surface area contributed by atoms with Crippen molar-refractivity contribution in [1.82, 2.24) is 25.6 Å². The van der Waals surface area contributed by atoms with E-state index in [9.17, 15) is 13.2 Å². The predicted molar refractivity (Wildman–Crippen MR) is 101 cm³/mol. The van der Waals surface area contributed by atoms with Crippen molar-refractivity contribution in [3.63, 3.8) is 0 Å². The van der Waals surface area contributed by atoms with E-state index in [0.717, 1.165) is 6.54 Å². The second kappa shape index (κ2) is 8.24. The van der Waals surface area contributed by atoms with Crippen LogP contribution in [-0.2, 0) is 14.8 Å². The maximum Gasteiger partial charge on any atom is 0.244 e. The monoisotopic (exact) mass is 399 g/mol. The smallest absolute Gasteiger partial charge is 0.244 e. The summed E-state index contributed by atoms with van der Waals surface area (Å²) in [5, 5.41) is 0.114. The Balaban J connectivity index is 1.74. The minimum atomic E-state index is -3.63. The first kappa shape index (κ1) is 19.6. The lowest BCUT2D eigenvalue weighted by Crippen LogP contribution is -2.48. The van der Waals surface area contributed by atoms with Crippen LogP contribution in [0.2, 0.25) is 0 Å². The number of sulfonamides is 1. The van der Waals surface area contributed by atoms with E-state index in [0.29, 0.717) is 18.8 Å². The molecular formula is C16H25N5O3S2. The molecule has 0 saturated carbocycles. The molecular weight excluding hydrogens is 374 g/mol. The van der Waals surface area contributed by atoms with E-state index in [1.165, 1.54) is 16.1 Å². The predicted octanol–water partition coefficient (Wildman–Crippen LogP) is 0.173. The van der Waals surface area contributed by atoms with E-state index >= 15 is 0 Å². The standard InChI is InChI=1S/C16H25N5O3S2/c1-12(2)16-20(15(22)11-25-14-10-17-19-18-14)8-9-21(16)26(23,24)13-6-4-3-5-7-13/h3-7,12,14,16-19H,8-11H2,1-2H3. The summed E-state index contributed by atoms with van der Waals surface area (Å²) in [4.78, 5) is 14.7. The van der Waals surface area contributed by atoms with Crippen LogP contribution >= 0.6 is 11.8 Å². The Morgan fingerprint density at radius 2 is 2.00 bits per heavy atom. The Hall–Kier alpha value is -1.17. The Labute approximate surface area is 158 Å². The maximum atomic E-state index is 13.0. The summed E-state index contributed by atoms with van der Waals surface area (Å²) in [6.45, 7) is 5.36. The highest BCUT2D eigenvalue weighted by atomic mass is 32.2. The largest absolute Gasteiger partial charge is 0.324 e. The number of hydrogen-bond donors (Lipinski definition) is 3. The van der Waals surface area contributed by atoms with E-state index in [1.807, 2.05) is 13.8 Å². The molecule has 8 nitrogen and oxygen atoms in total. The van der Waals surface area contributed by atoms with Crippen molar-refractivity contribution in [3.8, 4) is 0 Å². The molecule has 26 heavy (non-hydrogen) atoms. The summed E-state index contributed by atoms with van der Waals surface area (Å²) in [7, 11) is -3.63. The SMILES string of the molecule is CC(C)C1N(C(=O)CSC2CNNN2)CCN1S(=O)(=O)c1ccccc1. The van der Waals surface area contributed by atoms with E-state index < -0.39 is 16.2 Å². The van der Waals surface area contributed by atoms with Crippen LogP contribution in [0.5, 0.6) is 0 Å². The number of nitrogens with zero attached hydrogens (tertiary/aromatic N) is 2. The molecule has 1 aromatic rings. The molecule has 3 rings (SSSR count). The number of thioether (sulfide) groups is 1. The molecule has 10 heteroatoms. The molecule has 2 fully saturated rings. The van der Waals surface area contributed by atoms with Crippen LogP contribution in [0.4, 0.5) is 0 Å². The van der Waals surface area contributed by atoms with E-state index in [2.05, 4.69) is 16.4 Å². The normalized spacial score (nSPS) is 24.5. The van der Waals surface area contributed by atoms with Gasteiger partial charge in [-0.15, -0.1) is 11.8 Å². The van der Waals surface area contributed by atoms with Crippen molar-refractivity contribution < 1.29 is 13.2 Å². The molecule has 2 heterocycles. The highest BCUT2D eigenvalue weighted by Crippen LogP contribution is 2.29. The van der Waals surface area contributed by atoms with E-state index in [-0.39, 0.29) is 22.1 Å². The summed E-state index contributed by atoms with van der Waals surface area (Å²) in [6, 6.07) is 8.40. The lowest BCUT2D eigenvalue weighted by molar-refractivity contribution is -0.130. The van der Waals surface area contributed by atoms with Gasteiger partial charge in [-0.1, -0.05) is 32.0 Å². The number of hydrazine groups is 2. The first-order valence-corrected chi connectivity index (χ1v) is 11.1. The molecule has 1 amide bonds. The molecule has 0 aliphatic carbocycles. The number of amides is 1. The van der Waals surface area contributed by atoms with Gasteiger partial charge in [0.25, 0.3) is 0 Å². The second-order valence-corrected chi connectivity index (χ2v) is 9.71. The molecule has 2 saturated heterocycles. The third-order valence-electron chi connectivity index (χ3n) is 4.46. The fourth-order valence-corrected chi connectivity index (χ4v) is 5.85. The second-order valence-electron chi connectivity index (χ2n) is 6.62. The van der Waals surface area contributed by atoms with Crippen LogP contribution in [0.1, 0.15) is 13.8 Å². The fraction of sp³-hybridized carbons (Fsp3) is 0.562. The average molecular weight is 400 g/mol. The number of nitrogens with one attached hydrogen (secondary N) is 3. The van der Waals surface area contributed by atoms with Gasteiger partial charge in [0.05, 0.1) is 16.0 Å². The van der Waals surface area contributed by atoms with Crippen molar-refractivity contribution in [2.24, 2.45) is 5.92 Å². The Morgan fingerprint density at radius 3 is 2.62 bits per heavy atom. The van der Waals surface area contributed by atoms with Crippen molar-refractivity contribution in [1.29, 1.82) is 0 Å². The maximum absolute atomic E-state index is 13.0. The number of hydrogen-bond acceptors (Lipinski definition) is 7. The summed E-state index contributed by atoms with van der Waals surface area (Å²) in [6.07, 6.45) is -0.457. The Kier molecular flexibility index (Phi) is 6.21. The van der Waals surface area contributed by atoms with Gasteiger partial charge in [-0.3, -0.25) is 4.79 Å². The quantitative estimate of drug-likeness (QED) is 0.628. The number of rotatable bonds is 6. The molecule has 2 aliphatic heterocycles. The highest BCUT2D eigenvalue weighted by Gasteiger charge is 2.43. The van der Waals surface area contributed by atoms with Crippen LogP contribution < -0.4 is 16.4 Å². The molecule has 0 radical (unpaired) electrons. The minimum absolute atomic E-state index is 0.00197. The summed E-state index contributed by atoms with van der Waals surface area (Å²) in [5.74, 6) is 0.273. The fourth-order valence-electron chi connectivity index (χ4n) is 3.26. The van der Waals surface area contributed by atoms with Gasteiger partial charge in [-0.2, -0.15) is 9.84 Å². The molecule has 0 aromatic heterocycles. The van der Waals surface area contributed by atoms with Crippen molar-refractivity contribution in [2.75, 3.05) is 25.4 Å². The van der Waals surface area contributed by atoms with Crippen molar-refractivity contribution >= 4 is 27.7 Å². The van der Waals surface area contributed by atoms with Crippen LogP contribution in [0.15, 0.2) is 35.2 Å². The molecule has 2 aliphatic rings. The first-order chi connectivity index (χ1) is 12.4. The molecule has 3 N–H and O–H groups in total. The van der Waals surface area contributed by atoms with Crippen LogP contribution in [0, 0.1) is 5.92 Å². The van der Waals surface area contributed by atoms with Gasteiger partial charge >= 0.3 is 0 Å². The summed E-state index contributed by atoms with van der Waals surface area (Å²) >= 11 is 1.50. The molecule has 0 spiro atoms. The lowest BCUT2D eigenvalue weighted by Gasteiger charge is -2.32. The van der Waals surface area contributed by atoms with Gasteiger partial charge in [0, 0.05) is 19.6 Å². The Bertz CT molecular complexity index is 723. The molecule has 0 bridgehead atoms. The topological polar surface area (TPSA) is 93.8 Å². The zero-order chi connectivity index (χ0) is 18.7. The highest BCUT2D eigenvalue weighted by molar-refractivity contribution is 8.00. The van der Waals surface area contributed by atoms with E-state index in [4.69, 9.17) is 0 Å². The van der Waals surface area contributed by atoms with E-state index in [1.54, 1.807) is 35.2 Å². The van der Waals surface area contributed by atoms with Gasteiger partial charge in [0.2, 0.25) is 15.9 Å². The van der Waals surface area contributed by atoms with Crippen LogP contribution in [0.3, 0.4) is 0 Å². The third-order valence-corrected chi connectivity index (χ3v) is 7.44. The van der Waals surface area contributed by atoms with Gasteiger partial charge in [-0.05, 0) is 18.1 Å². The van der Waals surface area contributed by atoms with Crippen LogP contribution in [0.25, 0.3) is 0 Å². The molecule has 144 valence electrons. The van der Waals surface area contributed by atoms with Crippen LogP contribution in [-0.4, -0.2) is 60.5 Å². The van der Waals surface area contributed by atoms with Gasteiger partial charge in [0.15, 0.2) is 0 Å². The molecule has 2 unspecified atom stereocenters. The molecule has 1 aromatic carbocycles. The summed E-state index contributed by atoms with van der Waals surface area (Å²) < 4.78 is 27.5. The minimum Gasteiger partial charge on any atom is -0.324 e. The van der Waals surface area contributed by atoms with Gasteiger partial charge in [-0.25, -0.2) is 19.3 Å². The average Bonchev–Trinajstić information content (AvgIpc) is 3.30. The Morgan fingerprint density at radius 1 is 1.27 bits per heavy atom. The van der Waals surface area contributed by atoms with Crippen molar-refractivity contribution in [3.05, 3.63) is 30.3 Å². The third kappa shape index (κ3) is 4.05. The summed E-state index contributed by atoms with van der Waals surface area (Å²) in [5.41, 5.74) is 8.76. The number of benzene rings is 1. The van der Waals surface area contributed by atoms with Gasteiger partial charge < -0.3 is 4.90 Å². The zero-order valence-corrected chi connectivity index (χ0v) is 16.5. The lowest BCUT2D eigenvalue weighted by atomic mass is 10.1. The molecule has 2 atom stereocenters. The first-order valence-electron chi connectivity index (χ1n) is 8.62. The number of carbonyl (C=O) groups is 1. The number of carbonyl (C=O) groups excluding carboxylic acids is 1. The van der Waals surface area contributed by atoms with Gasteiger partial charge in [0.1, 0.15) is 6.17 Å².